The van der Waals surface area contributed by atoms with Gasteiger partial charge < -0.3 is 9.80 Å². The molecule has 1 atom stereocenters. The van der Waals surface area contributed by atoms with Crippen molar-refractivity contribution < 1.29 is 4.39 Å². The number of hydrogen-bond acceptors (Lipinski definition) is 3. The molecule has 3 rings (SSSR count). The molecule has 4 heteroatoms. The molecular formula is C19H26FN3. The van der Waals surface area contributed by atoms with Gasteiger partial charge in [-0.2, -0.15) is 0 Å². The molecule has 3 nitrogen and oxygen atoms in total. The number of benzene rings is 1. The fraction of sp³-hybridized carbons (Fsp3) is 0.526. The molecule has 0 spiro atoms. The molecule has 1 fully saturated rings. The summed E-state index contributed by atoms with van der Waals surface area (Å²) in [6.07, 6.45) is 2.40. The maximum absolute atomic E-state index is 13.7. The zero-order valence-electron chi connectivity index (χ0n) is 14.3. The van der Waals surface area contributed by atoms with Gasteiger partial charge in [0.25, 0.3) is 0 Å². The predicted molar refractivity (Wildman–Crippen MR) is 94.5 cm³/mol. The van der Waals surface area contributed by atoms with Gasteiger partial charge in [-0.05, 0) is 63.5 Å². The predicted octanol–water partition coefficient (Wildman–Crippen LogP) is 3.85. The molecule has 0 saturated carbocycles. The SMILES string of the molecule is CCCN(C)CC1CCN(c2cc(C)nc3ccc(F)cc23)C1. The number of aromatic nitrogens is 1. The topological polar surface area (TPSA) is 19.4 Å². The molecule has 0 bridgehead atoms. The molecule has 124 valence electrons. The first kappa shape index (κ1) is 16.2. The summed E-state index contributed by atoms with van der Waals surface area (Å²) in [5, 5.41) is 0.929. The van der Waals surface area contributed by atoms with Crippen molar-refractivity contribution in [3.63, 3.8) is 0 Å². The van der Waals surface area contributed by atoms with Gasteiger partial charge in [0.1, 0.15) is 5.82 Å². The number of fused-ring (bicyclic) bond motifs is 1. The lowest BCUT2D eigenvalue weighted by Crippen LogP contribution is -2.29. The first-order valence-corrected chi connectivity index (χ1v) is 8.57. The average molecular weight is 315 g/mol. The van der Waals surface area contributed by atoms with Crippen molar-refractivity contribution in [1.29, 1.82) is 0 Å². The van der Waals surface area contributed by atoms with Crippen molar-refractivity contribution >= 4 is 16.6 Å². The minimum Gasteiger partial charge on any atom is -0.371 e. The smallest absolute Gasteiger partial charge is 0.124 e. The fourth-order valence-corrected chi connectivity index (χ4v) is 3.68. The summed E-state index contributed by atoms with van der Waals surface area (Å²) in [6.45, 7) is 8.61. The second kappa shape index (κ2) is 6.83. The Labute approximate surface area is 138 Å². The molecule has 0 N–H and O–H groups in total. The molecule has 0 aliphatic carbocycles. The van der Waals surface area contributed by atoms with Crippen molar-refractivity contribution in [2.24, 2.45) is 5.92 Å². The number of anilines is 1. The van der Waals surface area contributed by atoms with E-state index in [0.29, 0.717) is 5.92 Å². The number of hydrogen-bond donors (Lipinski definition) is 0. The van der Waals surface area contributed by atoms with E-state index in [-0.39, 0.29) is 5.82 Å². The third-order valence-electron chi connectivity index (χ3n) is 4.68. The number of nitrogens with zero attached hydrogens (tertiary/aromatic N) is 3. The Balaban J connectivity index is 1.82. The minimum atomic E-state index is -0.192. The van der Waals surface area contributed by atoms with Crippen LogP contribution in [0.25, 0.3) is 10.9 Å². The Kier molecular flexibility index (Phi) is 4.81. The molecule has 23 heavy (non-hydrogen) atoms. The van der Waals surface area contributed by atoms with Gasteiger partial charge in [0, 0.05) is 36.4 Å². The molecule has 1 aromatic carbocycles. The summed E-state index contributed by atoms with van der Waals surface area (Å²) in [5.41, 5.74) is 3.01. The van der Waals surface area contributed by atoms with Crippen LogP contribution in [0.2, 0.25) is 0 Å². The Bertz CT molecular complexity index is 686. The van der Waals surface area contributed by atoms with Gasteiger partial charge in [-0.15, -0.1) is 0 Å². The number of aryl methyl sites for hydroxylation is 1. The van der Waals surface area contributed by atoms with Crippen LogP contribution in [0.4, 0.5) is 10.1 Å². The summed E-state index contributed by atoms with van der Waals surface area (Å²) in [7, 11) is 2.20. The van der Waals surface area contributed by atoms with Crippen molar-refractivity contribution in [2.45, 2.75) is 26.7 Å². The monoisotopic (exact) mass is 315 g/mol. The molecule has 1 aliphatic rings. The third kappa shape index (κ3) is 3.63. The van der Waals surface area contributed by atoms with Crippen LogP contribution < -0.4 is 4.90 Å². The summed E-state index contributed by atoms with van der Waals surface area (Å²) in [4.78, 5) is 9.36. The highest BCUT2D eigenvalue weighted by molar-refractivity contribution is 5.92. The van der Waals surface area contributed by atoms with Gasteiger partial charge in [-0.1, -0.05) is 6.92 Å². The Hall–Kier alpha value is -1.68. The standard InChI is InChI=1S/C19H26FN3/c1-4-8-22(3)12-15-7-9-23(13-15)19-10-14(2)21-18-6-5-16(20)11-17(18)19/h5-6,10-11,15H,4,7-9,12-13H2,1-3H3. The lowest BCUT2D eigenvalue weighted by atomic mass is 10.1. The first-order chi connectivity index (χ1) is 11.1. The number of rotatable bonds is 5. The lowest BCUT2D eigenvalue weighted by Gasteiger charge is -2.23. The summed E-state index contributed by atoms with van der Waals surface area (Å²) in [5.74, 6) is 0.492. The highest BCUT2D eigenvalue weighted by atomic mass is 19.1. The van der Waals surface area contributed by atoms with Crippen LogP contribution in [-0.4, -0.2) is 43.1 Å². The van der Waals surface area contributed by atoms with E-state index in [2.05, 4.69) is 34.8 Å². The molecule has 0 amide bonds. The van der Waals surface area contributed by atoms with E-state index in [0.717, 1.165) is 48.5 Å². The van der Waals surface area contributed by atoms with E-state index in [1.165, 1.54) is 18.9 Å². The van der Waals surface area contributed by atoms with Crippen LogP contribution in [0.5, 0.6) is 0 Å². The van der Waals surface area contributed by atoms with Gasteiger partial charge in [0.05, 0.1) is 5.52 Å². The van der Waals surface area contributed by atoms with Crippen LogP contribution in [0.15, 0.2) is 24.3 Å². The van der Waals surface area contributed by atoms with Crippen molar-refractivity contribution in [3.8, 4) is 0 Å². The van der Waals surface area contributed by atoms with Crippen LogP contribution in [-0.2, 0) is 0 Å². The fourth-order valence-electron chi connectivity index (χ4n) is 3.68. The van der Waals surface area contributed by atoms with E-state index in [1.54, 1.807) is 12.1 Å². The van der Waals surface area contributed by atoms with E-state index in [1.807, 2.05) is 6.92 Å². The molecule has 2 heterocycles. The largest absolute Gasteiger partial charge is 0.371 e. The zero-order valence-corrected chi connectivity index (χ0v) is 14.3. The molecule has 2 aromatic rings. The number of pyridine rings is 1. The molecule has 1 saturated heterocycles. The van der Waals surface area contributed by atoms with Crippen LogP contribution in [0, 0.1) is 18.7 Å². The van der Waals surface area contributed by atoms with Crippen molar-refractivity contribution in [1.82, 2.24) is 9.88 Å². The van der Waals surface area contributed by atoms with Crippen LogP contribution in [0.3, 0.4) is 0 Å². The summed E-state index contributed by atoms with van der Waals surface area (Å²) < 4.78 is 13.7. The molecular weight excluding hydrogens is 289 g/mol. The van der Waals surface area contributed by atoms with E-state index >= 15 is 0 Å². The normalized spacial score (nSPS) is 18.3. The van der Waals surface area contributed by atoms with Crippen LogP contribution >= 0.6 is 0 Å². The Morgan fingerprint density at radius 3 is 2.96 bits per heavy atom. The highest BCUT2D eigenvalue weighted by Gasteiger charge is 2.25. The minimum absolute atomic E-state index is 0.192. The molecule has 0 radical (unpaired) electrons. The summed E-state index contributed by atoms with van der Waals surface area (Å²) >= 11 is 0. The highest BCUT2D eigenvalue weighted by Crippen LogP contribution is 2.31. The van der Waals surface area contributed by atoms with Gasteiger partial charge in [-0.25, -0.2) is 4.39 Å². The zero-order chi connectivity index (χ0) is 16.4. The van der Waals surface area contributed by atoms with Gasteiger partial charge >= 0.3 is 0 Å². The maximum atomic E-state index is 13.7. The molecule has 1 aliphatic heterocycles. The van der Waals surface area contributed by atoms with E-state index in [4.69, 9.17) is 0 Å². The van der Waals surface area contributed by atoms with Gasteiger partial charge in [0.2, 0.25) is 0 Å². The average Bonchev–Trinajstić information content (AvgIpc) is 2.95. The maximum Gasteiger partial charge on any atom is 0.124 e. The van der Waals surface area contributed by atoms with Crippen molar-refractivity contribution in [3.05, 3.63) is 35.8 Å². The lowest BCUT2D eigenvalue weighted by molar-refractivity contribution is 0.287. The third-order valence-corrected chi connectivity index (χ3v) is 4.68. The second-order valence-electron chi connectivity index (χ2n) is 6.81. The Morgan fingerprint density at radius 2 is 2.17 bits per heavy atom. The second-order valence-corrected chi connectivity index (χ2v) is 6.81. The molecule has 1 unspecified atom stereocenters. The first-order valence-electron chi connectivity index (χ1n) is 8.57. The van der Waals surface area contributed by atoms with E-state index in [9.17, 15) is 4.39 Å². The quantitative estimate of drug-likeness (QED) is 0.835. The van der Waals surface area contributed by atoms with Gasteiger partial charge in [0.15, 0.2) is 0 Å². The summed E-state index contributed by atoms with van der Waals surface area (Å²) in [6, 6.07) is 6.99. The number of halogens is 1. The Morgan fingerprint density at radius 1 is 1.35 bits per heavy atom. The van der Waals surface area contributed by atoms with E-state index < -0.39 is 0 Å². The van der Waals surface area contributed by atoms with Crippen molar-refractivity contribution in [2.75, 3.05) is 38.1 Å². The van der Waals surface area contributed by atoms with Gasteiger partial charge in [-0.3, -0.25) is 4.98 Å². The molecule has 1 aromatic heterocycles. The van der Waals surface area contributed by atoms with Crippen LogP contribution in [0.1, 0.15) is 25.5 Å².